The number of aryl methyl sites for hydroxylation is 1. The first-order valence-electron chi connectivity index (χ1n) is 12.1. The third kappa shape index (κ3) is 3.83. The van der Waals surface area contributed by atoms with Crippen LogP contribution in [-0.4, -0.2) is 23.5 Å². The molecule has 0 amide bonds. The van der Waals surface area contributed by atoms with Gasteiger partial charge in [-0.2, -0.15) is 5.26 Å². The monoisotopic (exact) mass is 538 g/mol. The molecule has 1 aliphatic carbocycles. The van der Waals surface area contributed by atoms with Crippen LogP contribution in [0, 0.1) is 24.2 Å². The minimum atomic E-state index is -4.05. The highest BCUT2D eigenvalue weighted by molar-refractivity contribution is 7.90. The number of carboxylic acids is 1. The summed E-state index contributed by atoms with van der Waals surface area (Å²) < 4.78 is 29.9. The van der Waals surface area contributed by atoms with Gasteiger partial charge in [-0.05, 0) is 60.5 Å². The van der Waals surface area contributed by atoms with E-state index in [1.807, 2.05) is 54.8 Å². The lowest BCUT2D eigenvalue weighted by Gasteiger charge is -2.15. The van der Waals surface area contributed by atoms with Crippen molar-refractivity contribution in [2.24, 2.45) is 5.92 Å². The van der Waals surface area contributed by atoms with E-state index in [0.29, 0.717) is 44.6 Å². The van der Waals surface area contributed by atoms with Gasteiger partial charge in [-0.25, -0.2) is 12.4 Å². The summed E-state index contributed by atoms with van der Waals surface area (Å²) in [7, 11) is -4.05. The van der Waals surface area contributed by atoms with E-state index < -0.39 is 21.9 Å². The van der Waals surface area contributed by atoms with Crippen molar-refractivity contribution in [3.05, 3.63) is 100 Å². The Hall–Kier alpha value is -4.19. The molecule has 5 aromatic rings. The standard InChI is InChI=1S/C30H22N2O4S2/c1-18-9-11-21(12-10-18)38(35,36)32-26-8-3-2-7-22(26)28(23-13-14-37-27(23)17-31)29(32)20-6-4-5-19(15-20)24-16-25(24)30(33)34/h2-15,24-25H,16H2,1H3,(H,33,34). The smallest absolute Gasteiger partial charge is 0.307 e. The minimum Gasteiger partial charge on any atom is -0.481 e. The molecule has 2 heterocycles. The summed E-state index contributed by atoms with van der Waals surface area (Å²) in [5.41, 5.74) is 4.75. The van der Waals surface area contributed by atoms with Crippen LogP contribution in [0.4, 0.5) is 0 Å². The first-order valence-corrected chi connectivity index (χ1v) is 14.4. The van der Waals surface area contributed by atoms with E-state index in [4.69, 9.17) is 0 Å². The molecular weight excluding hydrogens is 516 g/mol. The molecular formula is C30H22N2O4S2. The molecule has 2 unspecified atom stereocenters. The first kappa shape index (κ1) is 24.2. The van der Waals surface area contributed by atoms with Crippen LogP contribution >= 0.6 is 11.3 Å². The van der Waals surface area contributed by atoms with Gasteiger partial charge in [0.25, 0.3) is 10.0 Å². The molecule has 38 heavy (non-hydrogen) atoms. The number of nitrogens with zero attached hydrogens (tertiary/aromatic N) is 2. The van der Waals surface area contributed by atoms with E-state index in [9.17, 15) is 23.6 Å². The number of nitriles is 1. The molecule has 0 spiro atoms. The number of carbonyl (C=O) groups is 1. The summed E-state index contributed by atoms with van der Waals surface area (Å²) in [6, 6.07) is 25.6. The van der Waals surface area contributed by atoms with E-state index >= 15 is 0 Å². The molecule has 0 aliphatic heterocycles. The molecule has 3 aromatic carbocycles. The number of hydrogen-bond acceptors (Lipinski definition) is 5. The molecule has 0 bridgehead atoms. The van der Waals surface area contributed by atoms with Crippen LogP contribution in [0.5, 0.6) is 0 Å². The first-order chi connectivity index (χ1) is 18.3. The topological polar surface area (TPSA) is 100 Å². The molecule has 6 nitrogen and oxygen atoms in total. The number of aromatic nitrogens is 1. The quantitative estimate of drug-likeness (QED) is 0.261. The number of carboxylic acid groups (broad SMARTS) is 1. The van der Waals surface area contributed by atoms with Gasteiger partial charge in [0.05, 0.1) is 22.0 Å². The fourth-order valence-corrected chi connectivity index (χ4v) is 7.39. The molecule has 1 N–H and O–H groups in total. The number of hydrogen-bond donors (Lipinski definition) is 1. The van der Waals surface area contributed by atoms with Crippen molar-refractivity contribution in [2.75, 3.05) is 0 Å². The lowest BCUT2D eigenvalue weighted by atomic mass is 9.97. The Morgan fingerprint density at radius 1 is 1.05 bits per heavy atom. The van der Waals surface area contributed by atoms with Crippen molar-refractivity contribution in [1.29, 1.82) is 5.26 Å². The lowest BCUT2D eigenvalue weighted by Crippen LogP contribution is -2.14. The highest BCUT2D eigenvalue weighted by atomic mass is 32.2. The van der Waals surface area contributed by atoms with E-state index in [1.165, 1.54) is 15.3 Å². The number of rotatable bonds is 6. The Labute approximate surface area is 224 Å². The molecule has 2 atom stereocenters. The van der Waals surface area contributed by atoms with Crippen LogP contribution in [0.3, 0.4) is 0 Å². The Morgan fingerprint density at radius 3 is 2.53 bits per heavy atom. The third-order valence-electron chi connectivity index (χ3n) is 7.12. The molecule has 8 heteroatoms. The van der Waals surface area contributed by atoms with Crippen LogP contribution < -0.4 is 0 Å². The summed E-state index contributed by atoms with van der Waals surface area (Å²) in [5, 5.41) is 21.9. The van der Waals surface area contributed by atoms with Gasteiger partial charge in [0.2, 0.25) is 0 Å². The second-order valence-electron chi connectivity index (χ2n) is 9.51. The Bertz CT molecular complexity index is 1880. The maximum absolute atomic E-state index is 14.3. The van der Waals surface area contributed by atoms with E-state index in [-0.39, 0.29) is 10.8 Å². The minimum absolute atomic E-state index is 0.113. The van der Waals surface area contributed by atoms with Crippen LogP contribution in [0.25, 0.3) is 33.3 Å². The zero-order chi connectivity index (χ0) is 26.6. The van der Waals surface area contributed by atoms with Crippen LogP contribution in [0.2, 0.25) is 0 Å². The molecule has 0 radical (unpaired) electrons. The van der Waals surface area contributed by atoms with Crippen molar-refractivity contribution >= 4 is 38.2 Å². The number of thiophene rings is 1. The van der Waals surface area contributed by atoms with Crippen molar-refractivity contribution in [3.63, 3.8) is 0 Å². The summed E-state index contributed by atoms with van der Waals surface area (Å²) in [6.45, 7) is 1.90. The molecule has 0 saturated heterocycles. The molecule has 2 aromatic heterocycles. The van der Waals surface area contributed by atoms with Crippen molar-refractivity contribution in [3.8, 4) is 28.5 Å². The second-order valence-corrected chi connectivity index (χ2v) is 12.2. The van der Waals surface area contributed by atoms with Gasteiger partial charge in [-0.15, -0.1) is 11.3 Å². The van der Waals surface area contributed by atoms with Gasteiger partial charge >= 0.3 is 5.97 Å². The van der Waals surface area contributed by atoms with Crippen LogP contribution in [0.15, 0.2) is 89.1 Å². The molecule has 188 valence electrons. The molecule has 1 fully saturated rings. The number of aliphatic carboxylic acids is 1. The predicted molar refractivity (Wildman–Crippen MR) is 148 cm³/mol. The average Bonchev–Trinajstić information content (AvgIpc) is 3.46. The highest BCUT2D eigenvalue weighted by Gasteiger charge is 2.44. The fraction of sp³-hybridized carbons (Fsp3) is 0.133. The Kier molecular flexibility index (Phi) is 5.71. The fourth-order valence-electron chi connectivity index (χ4n) is 5.16. The number of benzene rings is 3. The summed E-state index contributed by atoms with van der Waals surface area (Å²) >= 11 is 1.31. The lowest BCUT2D eigenvalue weighted by molar-refractivity contribution is -0.138. The largest absolute Gasteiger partial charge is 0.481 e. The van der Waals surface area contributed by atoms with Crippen LogP contribution in [-0.2, 0) is 14.8 Å². The van der Waals surface area contributed by atoms with Gasteiger partial charge in [0.1, 0.15) is 10.9 Å². The van der Waals surface area contributed by atoms with Crippen LogP contribution in [0.1, 0.15) is 28.3 Å². The van der Waals surface area contributed by atoms with Gasteiger partial charge in [-0.3, -0.25) is 4.79 Å². The van der Waals surface area contributed by atoms with Gasteiger partial charge in [0.15, 0.2) is 0 Å². The molecule has 1 aliphatic rings. The molecule has 6 rings (SSSR count). The van der Waals surface area contributed by atoms with Gasteiger partial charge in [0, 0.05) is 22.1 Å². The number of para-hydroxylation sites is 1. The van der Waals surface area contributed by atoms with Crippen molar-refractivity contribution in [2.45, 2.75) is 24.2 Å². The van der Waals surface area contributed by atoms with Crippen molar-refractivity contribution in [1.82, 2.24) is 3.97 Å². The maximum Gasteiger partial charge on any atom is 0.307 e. The molecule has 1 saturated carbocycles. The average molecular weight is 539 g/mol. The summed E-state index contributed by atoms with van der Waals surface area (Å²) in [5.74, 6) is -1.37. The summed E-state index contributed by atoms with van der Waals surface area (Å²) in [4.78, 5) is 12.2. The summed E-state index contributed by atoms with van der Waals surface area (Å²) in [6.07, 6.45) is 0.555. The Balaban J connectivity index is 1.70. The highest BCUT2D eigenvalue weighted by Crippen LogP contribution is 2.50. The maximum atomic E-state index is 14.3. The van der Waals surface area contributed by atoms with Gasteiger partial charge < -0.3 is 5.11 Å². The normalized spacial score (nSPS) is 16.8. The predicted octanol–water partition coefficient (Wildman–Crippen LogP) is 6.64. The van der Waals surface area contributed by atoms with E-state index in [2.05, 4.69) is 6.07 Å². The van der Waals surface area contributed by atoms with Crippen molar-refractivity contribution < 1.29 is 18.3 Å². The zero-order valence-corrected chi connectivity index (χ0v) is 22.0. The van der Waals surface area contributed by atoms with E-state index in [1.54, 1.807) is 36.4 Å². The second kappa shape index (κ2) is 8.98. The van der Waals surface area contributed by atoms with Gasteiger partial charge in [-0.1, -0.05) is 54.1 Å². The Morgan fingerprint density at radius 2 is 1.82 bits per heavy atom. The SMILES string of the molecule is Cc1ccc(S(=O)(=O)n2c(-c3cccc(C4CC4C(=O)O)c3)c(-c3ccsc3C#N)c3ccccc32)cc1. The zero-order valence-electron chi connectivity index (χ0n) is 20.3. The van der Waals surface area contributed by atoms with E-state index in [0.717, 1.165) is 11.1 Å². The number of fused-ring (bicyclic) bond motifs is 1. The third-order valence-corrected chi connectivity index (χ3v) is 9.67.